The van der Waals surface area contributed by atoms with Gasteiger partial charge in [-0.25, -0.2) is 0 Å². The molecule has 1 aromatic carbocycles. The van der Waals surface area contributed by atoms with Crippen molar-refractivity contribution >= 4 is 40.7 Å². The summed E-state index contributed by atoms with van der Waals surface area (Å²) in [4.78, 5) is 4.20. The van der Waals surface area contributed by atoms with Gasteiger partial charge in [0.1, 0.15) is 5.75 Å². The van der Waals surface area contributed by atoms with E-state index in [1.165, 1.54) is 5.56 Å². The summed E-state index contributed by atoms with van der Waals surface area (Å²) in [5, 5.41) is 6.53. The SMILES string of the molecule is CN=C(NCCCCc1ccc(OC)cc1)NCCS(=O)C(C)(C)C.I. The third kappa shape index (κ3) is 10.4. The van der Waals surface area contributed by atoms with Gasteiger partial charge in [-0.05, 0) is 57.7 Å². The summed E-state index contributed by atoms with van der Waals surface area (Å²) >= 11 is 0. The number of nitrogens with one attached hydrogen (secondary N) is 2. The van der Waals surface area contributed by atoms with E-state index in [9.17, 15) is 4.21 Å². The number of benzene rings is 1. The maximum absolute atomic E-state index is 12.0. The van der Waals surface area contributed by atoms with Crippen LogP contribution >= 0.6 is 24.0 Å². The first-order chi connectivity index (χ1) is 11.9. The van der Waals surface area contributed by atoms with E-state index in [0.29, 0.717) is 12.3 Å². The number of aryl methyl sites for hydroxylation is 1. The van der Waals surface area contributed by atoms with E-state index in [-0.39, 0.29) is 28.7 Å². The lowest BCUT2D eigenvalue weighted by atomic mass is 10.1. The van der Waals surface area contributed by atoms with Gasteiger partial charge in [0.15, 0.2) is 5.96 Å². The highest BCUT2D eigenvalue weighted by molar-refractivity contribution is 14.0. The summed E-state index contributed by atoms with van der Waals surface area (Å²) in [5.74, 6) is 2.30. The molecule has 1 rings (SSSR count). The lowest BCUT2D eigenvalue weighted by Crippen LogP contribution is -2.40. The van der Waals surface area contributed by atoms with E-state index in [1.807, 2.05) is 32.9 Å². The van der Waals surface area contributed by atoms with Gasteiger partial charge in [-0.3, -0.25) is 9.20 Å². The van der Waals surface area contributed by atoms with E-state index >= 15 is 0 Å². The quantitative estimate of drug-likeness (QED) is 0.239. The molecule has 150 valence electrons. The van der Waals surface area contributed by atoms with Crippen LogP contribution in [0.1, 0.15) is 39.2 Å². The van der Waals surface area contributed by atoms with Crippen LogP contribution in [0.25, 0.3) is 0 Å². The molecule has 0 aliphatic heterocycles. The number of hydrogen-bond donors (Lipinski definition) is 2. The van der Waals surface area contributed by atoms with Crippen LogP contribution in [-0.4, -0.2) is 47.9 Å². The Hall–Kier alpha value is -0.830. The molecule has 26 heavy (non-hydrogen) atoms. The third-order valence-corrected chi connectivity index (χ3v) is 5.77. The number of guanidine groups is 1. The Morgan fingerprint density at radius 3 is 2.27 bits per heavy atom. The summed E-state index contributed by atoms with van der Waals surface area (Å²) in [5.41, 5.74) is 1.33. The van der Waals surface area contributed by atoms with Crippen LogP contribution in [0.3, 0.4) is 0 Å². The Labute approximate surface area is 178 Å². The van der Waals surface area contributed by atoms with Crippen molar-refractivity contribution in [3.05, 3.63) is 29.8 Å². The van der Waals surface area contributed by atoms with Crippen molar-refractivity contribution in [3.63, 3.8) is 0 Å². The van der Waals surface area contributed by atoms with Crippen LogP contribution in [-0.2, 0) is 17.2 Å². The fourth-order valence-corrected chi connectivity index (χ4v) is 3.14. The van der Waals surface area contributed by atoms with E-state index in [2.05, 4.69) is 27.8 Å². The summed E-state index contributed by atoms with van der Waals surface area (Å²) in [6.07, 6.45) is 3.24. The van der Waals surface area contributed by atoms with Gasteiger partial charge in [0.05, 0.1) is 7.11 Å². The molecular formula is C19H34IN3O2S. The van der Waals surface area contributed by atoms with Gasteiger partial charge in [-0.1, -0.05) is 12.1 Å². The first-order valence-corrected chi connectivity index (χ1v) is 10.1. The van der Waals surface area contributed by atoms with Crippen molar-refractivity contribution < 1.29 is 8.95 Å². The molecule has 7 heteroatoms. The molecule has 0 amide bonds. The molecule has 0 spiro atoms. The molecule has 0 bridgehead atoms. The fourth-order valence-electron chi connectivity index (χ4n) is 2.24. The van der Waals surface area contributed by atoms with E-state index in [1.54, 1.807) is 14.2 Å². The molecule has 0 aliphatic carbocycles. The number of rotatable bonds is 9. The third-order valence-electron chi connectivity index (χ3n) is 3.83. The van der Waals surface area contributed by atoms with Crippen LogP contribution in [0.5, 0.6) is 5.75 Å². The molecule has 0 heterocycles. The molecule has 0 saturated heterocycles. The molecule has 1 aromatic rings. The highest BCUT2D eigenvalue weighted by atomic mass is 127. The predicted octanol–water partition coefficient (Wildman–Crippen LogP) is 3.35. The summed E-state index contributed by atoms with van der Waals surface area (Å²) < 4.78 is 17.0. The Balaban J connectivity index is 0.00000625. The number of nitrogens with zero attached hydrogens (tertiary/aromatic N) is 1. The highest BCUT2D eigenvalue weighted by Crippen LogP contribution is 2.13. The molecule has 5 nitrogen and oxygen atoms in total. The normalized spacial score (nSPS) is 12.9. The second kappa shape index (κ2) is 13.4. The van der Waals surface area contributed by atoms with E-state index in [0.717, 1.165) is 37.5 Å². The molecule has 0 aromatic heterocycles. The van der Waals surface area contributed by atoms with Gasteiger partial charge < -0.3 is 15.4 Å². The largest absolute Gasteiger partial charge is 0.497 e. The van der Waals surface area contributed by atoms with Gasteiger partial charge in [0.25, 0.3) is 0 Å². The van der Waals surface area contributed by atoms with Gasteiger partial charge in [-0.2, -0.15) is 0 Å². The van der Waals surface area contributed by atoms with Crippen molar-refractivity contribution in [2.75, 3.05) is 33.0 Å². The molecule has 0 saturated carbocycles. The van der Waals surface area contributed by atoms with Crippen molar-refractivity contribution in [2.24, 2.45) is 4.99 Å². The van der Waals surface area contributed by atoms with Crippen molar-refractivity contribution in [2.45, 2.75) is 44.8 Å². The number of unbranched alkanes of at least 4 members (excludes halogenated alkanes) is 1. The van der Waals surface area contributed by atoms with E-state index in [4.69, 9.17) is 4.74 Å². The summed E-state index contributed by atoms with van der Waals surface area (Å²) in [6.45, 7) is 7.53. The number of methoxy groups -OCH3 is 1. The minimum Gasteiger partial charge on any atom is -0.497 e. The average molecular weight is 495 g/mol. The topological polar surface area (TPSA) is 62.7 Å². The minimum atomic E-state index is -0.842. The molecule has 2 N–H and O–H groups in total. The van der Waals surface area contributed by atoms with Crippen LogP contribution in [0.15, 0.2) is 29.3 Å². The molecule has 0 radical (unpaired) electrons. The first-order valence-electron chi connectivity index (χ1n) is 8.82. The Bertz CT molecular complexity index is 557. The van der Waals surface area contributed by atoms with Crippen molar-refractivity contribution in [1.82, 2.24) is 10.6 Å². The highest BCUT2D eigenvalue weighted by Gasteiger charge is 2.18. The maximum Gasteiger partial charge on any atom is 0.191 e. The standard InChI is InChI=1S/C19H33N3O2S.HI/c1-19(2,3)25(23)15-14-22-18(20-4)21-13-7-6-8-16-9-11-17(24-5)12-10-16;/h9-12H,6-8,13-15H2,1-5H3,(H2,20,21,22);1H. The van der Waals surface area contributed by atoms with Crippen LogP contribution < -0.4 is 15.4 Å². The summed E-state index contributed by atoms with van der Waals surface area (Å²) in [6, 6.07) is 8.23. The van der Waals surface area contributed by atoms with Gasteiger partial charge in [0, 0.05) is 41.4 Å². The Morgan fingerprint density at radius 2 is 1.73 bits per heavy atom. The Morgan fingerprint density at radius 1 is 1.12 bits per heavy atom. The number of aliphatic imine (C=N–C) groups is 1. The van der Waals surface area contributed by atoms with Crippen LogP contribution in [0.2, 0.25) is 0 Å². The fraction of sp³-hybridized carbons (Fsp3) is 0.632. The lowest BCUT2D eigenvalue weighted by Gasteiger charge is -2.18. The van der Waals surface area contributed by atoms with E-state index < -0.39 is 10.8 Å². The second-order valence-corrected chi connectivity index (χ2v) is 9.22. The molecule has 1 atom stereocenters. The smallest absolute Gasteiger partial charge is 0.191 e. The zero-order valence-corrected chi connectivity index (χ0v) is 19.8. The zero-order chi connectivity index (χ0) is 18.7. The average Bonchev–Trinajstić information content (AvgIpc) is 2.59. The second-order valence-electron chi connectivity index (χ2n) is 6.89. The van der Waals surface area contributed by atoms with Crippen LogP contribution in [0.4, 0.5) is 0 Å². The molecule has 0 aliphatic rings. The Kier molecular flexibility index (Phi) is 12.9. The monoisotopic (exact) mass is 495 g/mol. The number of ether oxygens (including phenoxy) is 1. The lowest BCUT2D eigenvalue weighted by molar-refractivity contribution is 0.414. The zero-order valence-electron chi connectivity index (χ0n) is 16.6. The van der Waals surface area contributed by atoms with Gasteiger partial charge in [-0.15, -0.1) is 24.0 Å². The number of hydrogen-bond acceptors (Lipinski definition) is 3. The minimum absolute atomic E-state index is 0. The maximum atomic E-state index is 12.0. The predicted molar refractivity (Wildman–Crippen MR) is 123 cm³/mol. The van der Waals surface area contributed by atoms with Crippen molar-refractivity contribution in [1.29, 1.82) is 0 Å². The van der Waals surface area contributed by atoms with Gasteiger partial charge in [0.2, 0.25) is 0 Å². The molecular weight excluding hydrogens is 461 g/mol. The van der Waals surface area contributed by atoms with Gasteiger partial charge >= 0.3 is 0 Å². The molecule has 0 fully saturated rings. The molecule has 1 unspecified atom stereocenters. The number of halogens is 1. The van der Waals surface area contributed by atoms with Crippen molar-refractivity contribution in [3.8, 4) is 5.75 Å². The van der Waals surface area contributed by atoms with Crippen LogP contribution in [0, 0.1) is 0 Å². The first kappa shape index (κ1) is 25.2. The summed E-state index contributed by atoms with van der Waals surface area (Å²) in [7, 11) is 2.60.